The second-order valence-electron chi connectivity index (χ2n) is 10.3. The van der Waals surface area contributed by atoms with Crippen molar-refractivity contribution in [3.8, 4) is 5.75 Å². The number of carbonyl (C=O) groups is 2. The van der Waals surface area contributed by atoms with E-state index in [1.54, 1.807) is 17.0 Å². The fraction of sp³-hybridized carbons (Fsp3) is 0.448. The number of aryl methyl sites for hydroxylation is 2. The third-order valence-corrected chi connectivity index (χ3v) is 7.31. The molecule has 7 nitrogen and oxygen atoms in total. The van der Waals surface area contributed by atoms with Gasteiger partial charge >= 0.3 is 12.1 Å². The van der Waals surface area contributed by atoms with E-state index in [2.05, 4.69) is 5.32 Å². The Bertz CT molecular complexity index is 1210. The smallest absolute Gasteiger partial charge is 0.432 e. The predicted octanol–water partition coefficient (Wildman–Crippen LogP) is 5.93. The van der Waals surface area contributed by atoms with E-state index in [4.69, 9.17) is 9.84 Å². The van der Waals surface area contributed by atoms with Crippen LogP contribution in [0.1, 0.15) is 65.3 Å². The molecule has 1 atom stereocenters. The summed E-state index contributed by atoms with van der Waals surface area (Å²) in [6, 6.07) is 10.9. The molecule has 39 heavy (non-hydrogen) atoms. The number of ether oxygens (including phenoxy) is 1. The first-order chi connectivity index (χ1) is 18.4. The largest absolute Gasteiger partial charge is 0.485 e. The van der Waals surface area contributed by atoms with Crippen LogP contribution in [0.2, 0.25) is 0 Å². The molecule has 1 fully saturated rings. The lowest BCUT2D eigenvalue weighted by Gasteiger charge is -2.27. The number of carbonyl (C=O) groups excluding carboxylic acids is 1. The summed E-state index contributed by atoms with van der Waals surface area (Å²) in [6.07, 6.45) is 0.605. The molecule has 1 amide bonds. The van der Waals surface area contributed by atoms with Crippen molar-refractivity contribution in [2.75, 3.05) is 25.2 Å². The van der Waals surface area contributed by atoms with Crippen molar-refractivity contribution < 1.29 is 32.6 Å². The van der Waals surface area contributed by atoms with E-state index in [-0.39, 0.29) is 31.6 Å². The number of halogens is 3. The highest BCUT2D eigenvalue weighted by Crippen LogP contribution is 2.41. The van der Waals surface area contributed by atoms with E-state index in [0.717, 1.165) is 54.3 Å². The number of anilines is 1. The van der Waals surface area contributed by atoms with Gasteiger partial charge in [0.05, 0.1) is 13.1 Å². The second-order valence-corrected chi connectivity index (χ2v) is 10.3. The molecule has 0 saturated heterocycles. The molecule has 2 aromatic rings. The number of carboxylic acid groups (broad SMARTS) is 1. The predicted molar refractivity (Wildman–Crippen MR) is 142 cm³/mol. The maximum atomic E-state index is 13.4. The molecule has 0 radical (unpaired) electrons. The van der Waals surface area contributed by atoms with Crippen LogP contribution in [0.25, 0.3) is 0 Å². The van der Waals surface area contributed by atoms with Gasteiger partial charge in [-0.25, -0.2) is 0 Å². The number of alkyl halides is 3. The van der Waals surface area contributed by atoms with Crippen LogP contribution < -0.4 is 15.0 Å². The first-order valence-corrected chi connectivity index (χ1v) is 13.1. The zero-order chi connectivity index (χ0) is 28.3. The van der Waals surface area contributed by atoms with Crippen LogP contribution in [0, 0.1) is 19.8 Å². The van der Waals surface area contributed by atoms with Gasteiger partial charge in [-0.2, -0.15) is 13.2 Å². The molecule has 1 aliphatic carbocycles. The van der Waals surface area contributed by atoms with Crippen molar-refractivity contribution in [3.05, 3.63) is 70.5 Å². The van der Waals surface area contributed by atoms with Crippen LogP contribution in [-0.2, 0) is 4.79 Å². The SMILES string of the molecule is Cc1cc(OC(c2ccc(C(=O)NCCC(=O)O)cc2)C2CCCC2)cc(C)c1N1C=C(C(F)(F)F)N(C)C1. The van der Waals surface area contributed by atoms with Crippen LogP contribution in [0.15, 0.2) is 48.3 Å². The maximum Gasteiger partial charge on any atom is 0.432 e. The first kappa shape index (κ1) is 28.3. The summed E-state index contributed by atoms with van der Waals surface area (Å²) in [7, 11) is 1.43. The van der Waals surface area contributed by atoms with Crippen LogP contribution in [-0.4, -0.2) is 48.3 Å². The summed E-state index contributed by atoms with van der Waals surface area (Å²) in [6.45, 7) is 3.91. The highest BCUT2D eigenvalue weighted by atomic mass is 19.4. The monoisotopic (exact) mass is 545 g/mol. The van der Waals surface area contributed by atoms with Gasteiger partial charge in [0.1, 0.15) is 17.6 Å². The number of hydrogen-bond acceptors (Lipinski definition) is 5. The Morgan fingerprint density at radius 2 is 1.72 bits per heavy atom. The number of nitrogens with zero attached hydrogens (tertiary/aromatic N) is 2. The van der Waals surface area contributed by atoms with Gasteiger partial charge in [-0.3, -0.25) is 9.59 Å². The molecule has 1 unspecified atom stereocenters. The van der Waals surface area contributed by atoms with Crippen molar-refractivity contribution in [1.29, 1.82) is 0 Å². The van der Waals surface area contributed by atoms with Gasteiger partial charge in [0, 0.05) is 37.0 Å². The topological polar surface area (TPSA) is 82.1 Å². The van der Waals surface area contributed by atoms with Gasteiger partial charge in [0.25, 0.3) is 5.91 Å². The van der Waals surface area contributed by atoms with E-state index < -0.39 is 17.8 Å². The van der Waals surface area contributed by atoms with E-state index in [0.29, 0.717) is 17.2 Å². The van der Waals surface area contributed by atoms with Crippen molar-refractivity contribution >= 4 is 17.6 Å². The molecule has 1 heterocycles. The minimum absolute atomic E-state index is 0.0550. The molecule has 210 valence electrons. The molecule has 4 rings (SSSR count). The number of rotatable bonds is 9. The molecular weight excluding hydrogens is 511 g/mol. The highest BCUT2D eigenvalue weighted by Gasteiger charge is 2.40. The van der Waals surface area contributed by atoms with Crippen molar-refractivity contribution in [3.63, 3.8) is 0 Å². The van der Waals surface area contributed by atoms with Crippen LogP contribution in [0.4, 0.5) is 18.9 Å². The number of carboxylic acids is 1. The lowest BCUT2D eigenvalue weighted by atomic mass is 9.93. The number of amides is 1. The highest BCUT2D eigenvalue weighted by molar-refractivity contribution is 5.94. The van der Waals surface area contributed by atoms with Gasteiger partial charge in [0.15, 0.2) is 0 Å². The second kappa shape index (κ2) is 11.6. The Morgan fingerprint density at radius 3 is 2.26 bits per heavy atom. The Labute approximate surface area is 226 Å². The first-order valence-electron chi connectivity index (χ1n) is 13.1. The normalized spacial score (nSPS) is 16.8. The third kappa shape index (κ3) is 6.66. The van der Waals surface area contributed by atoms with Gasteiger partial charge in [0.2, 0.25) is 0 Å². The fourth-order valence-corrected chi connectivity index (χ4v) is 5.51. The van der Waals surface area contributed by atoms with Gasteiger partial charge in [-0.15, -0.1) is 0 Å². The Hall–Kier alpha value is -3.69. The lowest BCUT2D eigenvalue weighted by Crippen LogP contribution is -2.28. The zero-order valence-corrected chi connectivity index (χ0v) is 22.3. The van der Waals surface area contributed by atoms with E-state index in [1.165, 1.54) is 11.9 Å². The van der Waals surface area contributed by atoms with Gasteiger partial charge in [-0.05, 0) is 67.6 Å². The van der Waals surface area contributed by atoms with Crippen LogP contribution >= 0.6 is 0 Å². The number of allylic oxidation sites excluding steroid dienone is 1. The zero-order valence-electron chi connectivity index (χ0n) is 22.3. The number of hydrogen-bond donors (Lipinski definition) is 2. The maximum absolute atomic E-state index is 13.4. The van der Waals surface area contributed by atoms with Gasteiger partial charge in [-0.1, -0.05) is 25.0 Å². The van der Waals surface area contributed by atoms with Crippen LogP contribution in [0.3, 0.4) is 0 Å². The van der Waals surface area contributed by atoms with Crippen molar-refractivity contribution in [1.82, 2.24) is 10.2 Å². The molecule has 2 aromatic carbocycles. The van der Waals surface area contributed by atoms with Crippen molar-refractivity contribution in [2.45, 2.75) is 58.2 Å². The molecule has 0 bridgehead atoms. The Kier molecular flexibility index (Phi) is 8.42. The molecule has 10 heteroatoms. The van der Waals surface area contributed by atoms with E-state index in [9.17, 15) is 22.8 Å². The Morgan fingerprint density at radius 1 is 1.10 bits per heavy atom. The summed E-state index contributed by atoms with van der Waals surface area (Å²) in [5.41, 5.74) is 3.05. The van der Waals surface area contributed by atoms with E-state index >= 15 is 0 Å². The van der Waals surface area contributed by atoms with E-state index in [1.807, 2.05) is 38.1 Å². The average molecular weight is 546 g/mol. The molecule has 2 aliphatic rings. The molecular formula is C29H34F3N3O4. The quantitative estimate of drug-likeness (QED) is 0.407. The third-order valence-electron chi connectivity index (χ3n) is 7.31. The summed E-state index contributed by atoms with van der Waals surface area (Å²) in [5.74, 6) is -0.368. The molecule has 2 N–H and O–H groups in total. The Balaban J connectivity index is 1.54. The molecule has 0 aromatic heterocycles. The average Bonchev–Trinajstić information content (AvgIpc) is 3.52. The summed E-state index contributed by atoms with van der Waals surface area (Å²) in [4.78, 5) is 25.9. The van der Waals surface area contributed by atoms with Crippen LogP contribution in [0.5, 0.6) is 5.75 Å². The minimum atomic E-state index is -4.42. The number of aliphatic carboxylic acids is 1. The number of nitrogens with one attached hydrogen (secondary N) is 1. The lowest BCUT2D eigenvalue weighted by molar-refractivity contribution is -0.136. The summed E-state index contributed by atoms with van der Waals surface area (Å²) >= 11 is 0. The standard InChI is InChI=1S/C29H34F3N3O4/c1-18-14-23(15-19(2)26(18)35-16-24(29(30,31)32)34(3)17-35)39-27(20-6-4-5-7-20)21-8-10-22(11-9-21)28(38)33-13-12-25(36)37/h8-11,14-16,20,27H,4-7,12-13,17H2,1-3H3,(H,33,38)(H,36,37). The van der Waals surface area contributed by atoms with Crippen molar-refractivity contribution in [2.24, 2.45) is 5.92 Å². The molecule has 1 saturated carbocycles. The van der Waals surface area contributed by atoms with Gasteiger partial charge < -0.3 is 25.0 Å². The summed E-state index contributed by atoms with van der Waals surface area (Å²) in [5, 5.41) is 11.4. The fourth-order valence-electron chi connectivity index (χ4n) is 5.51. The molecule has 1 aliphatic heterocycles. The summed E-state index contributed by atoms with van der Waals surface area (Å²) < 4.78 is 46.7. The minimum Gasteiger partial charge on any atom is -0.485 e. The number of benzene rings is 2. The molecule has 0 spiro atoms.